The van der Waals surface area contributed by atoms with E-state index in [2.05, 4.69) is 13.8 Å². The van der Waals surface area contributed by atoms with Crippen LogP contribution in [0, 0.1) is 29.1 Å². The number of Topliss-reactive ketones (excluding diaryl/α,β-unsaturated/α-hetero) is 1. The van der Waals surface area contributed by atoms with Gasteiger partial charge in [0, 0.05) is 12.3 Å². The van der Waals surface area contributed by atoms with Crippen molar-refractivity contribution >= 4 is 5.78 Å². The quantitative estimate of drug-likeness (QED) is 0.683. The summed E-state index contributed by atoms with van der Waals surface area (Å²) < 4.78 is 0. The zero-order chi connectivity index (χ0) is 11.7. The second-order valence-corrected chi connectivity index (χ2v) is 7.01. The summed E-state index contributed by atoms with van der Waals surface area (Å²) in [4.78, 5) is 12.0. The normalized spacial score (nSPS) is 54.1. The van der Waals surface area contributed by atoms with Gasteiger partial charge in [-0.25, -0.2) is 0 Å². The number of ketones is 1. The van der Waals surface area contributed by atoms with Crippen LogP contribution in [0.3, 0.4) is 0 Å². The Morgan fingerprint density at radius 3 is 2.56 bits per heavy atom. The van der Waals surface area contributed by atoms with Gasteiger partial charge in [-0.2, -0.15) is 0 Å². The molecule has 2 heteroatoms. The minimum atomic E-state index is -0.522. The maximum absolute atomic E-state index is 12.0. The minimum Gasteiger partial charge on any atom is -0.390 e. The number of aliphatic hydroxyl groups is 1. The zero-order valence-corrected chi connectivity index (χ0v) is 10.5. The van der Waals surface area contributed by atoms with Gasteiger partial charge in [0.05, 0.1) is 5.60 Å². The highest BCUT2D eigenvalue weighted by Crippen LogP contribution is 2.69. The van der Waals surface area contributed by atoms with E-state index in [1.54, 1.807) is 0 Å². The molecule has 3 saturated carbocycles. The van der Waals surface area contributed by atoms with E-state index < -0.39 is 5.60 Å². The van der Waals surface area contributed by atoms with E-state index in [1.165, 1.54) is 0 Å². The largest absolute Gasteiger partial charge is 0.390 e. The number of carbonyl (C=O) groups is 1. The summed E-state index contributed by atoms with van der Waals surface area (Å²) in [6.45, 7) is 6.40. The molecular weight excluding hydrogens is 200 g/mol. The molecule has 3 fully saturated rings. The highest BCUT2D eigenvalue weighted by Gasteiger charge is 2.69. The molecule has 0 unspecified atom stereocenters. The van der Waals surface area contributed by atoms with Gasteiger partial charge in [-0.3, -0.25) is 4.79 Å². The van der Waals surface area contributed by atoms with Crippen LogP contribution in [0.4, 0.5) is 0 Å². The molecule has 90 valence electrons. The zero-order valence-electron chi connectivity index (χ0n) is 10.5. The average Bonchev–Trinajstić information content (AvgIpc) is 2.65. The summed E-state index contributed by atoms with van der Waals surface area (Å²) in [6, 6.07) is 0. The van der Waals surface area contributed by atoms with Gasteiger partial charge >= 0.3 is 0 Å². The van der Waals surface area contributed by atoms with Gasteiger partial charge in [0.25, 0.3) is 0 Å². The third-order valence-electron chi connectivity index (χ3n) is 5.65. The molecular formula is C14H22O2. The molecule has 0 aromatic carbocycles. The Morgan fingerprint density at radius 1 is 1.19 bits per heavy atom. The Hall–Kier alpha value is -0.370. The van der Waals surface area contributed by atoms with Crippen LogP contribution in [0.15, 0.2) is 0 Å². The Balaban J connectivity index is 1.97. The standard InChI is InChI=1S/C14H22O2/c1-13(2)11-9(15)5-4-8-6-7-14(3,16)10(8)12(11)13/h8,10-12,16H,4-7H2,1-3H3/t8-,10-,11-,12+,14+/m1/s1. The number of hydrogen-bond acceptors (Lipinski definition) is 2. The minimum absolute atomic E-state index is 0.148. The van der Waals surface area contributed by atoms with Crippen molar-refractivity contribution in [1.29, 1.82) is 0 Å². The van der Waals surface area contributed by atoms with E-state index in [4.69, 9.17) is 0 Å². The van der Waals surface area contributed by atoms with Crippen molar-refractivity contribution in [3.05, 3.63) is 0 Å². The van der Waals surface area contributed by atoms with Crippen molar-refractivity contribution in [2.45, 2.75) is 52.1 Å². The number of carbonyl (C=O) groups excluding carboxylic acids is 1. The first-order valence-corrected chi connectivity index (χ1v) is 6.61. The molecule has 0 saturated heterocycles. The highest BCUT2D eigenvalue weighted by molar-refractivity contribution is 5.85. The van der Waals surface area contributed by atoms with Crippen LogP contribution in [0.5, 0.6) is 0 Å². The second-order valence-electron chi connectivity index (χ2n) is 7.01. The van der Waals surface area contributed by atoms with Gasteiger partial charge in [-0.05, 0) is 49.4 Å². The lowest BCUT2D eigenvalue weighted by Gasteiger charge is -2.30. The SMILES string of the molecule is CC1(C)[C@H]2[C@H]3[C@H](CCC(=O)[C@H]21)CC[C@]3(C)O. The van der Waals surface area contributed by atoms with E-state index in [0.717, 1.165) is 25.7 Å². The first kappa shape index (κ1) is 10.8. The van der Waals surface area contributed by atoms with Crippen LogP contribution in [0.25, 0.3) is 0 Å². The summed E-state index contributed by atoms with van der Waals surface area (Å²) in [5, 5.41) is 10.5. The maximum Gasteiger partial charge on any atom is 0.136 e. The molecule has 0 spiro atoms. The third kappa shape index (κ3) is 1.20. The predicted octanol–water partition coefficient (Wildman–Crippen LogP) is 2.40. The van der Waals surface area contributed by atoms with E-state index in [1.807, 2.05) is 6.92 Å². The third-order valence-corrected chi connectivity index (χ3v) is 5.65. The molecule has 0 aromatic heterocycles. The lowest BCUT2D eigenvalue weighted by atomic mass is 9.79. The molecule has 3 aliphatic carbocycles. The monoisotopic (exact) mass is 222 g/mol. The lowest BCUT2D eigenvalue weighted by Crippen LogP contribution is -2.34. The summed E-state index contributed by atoms with van der Waals surface area (Å²) in [5.41, 5.74) is -0.374. The van der Waals surface area contributed by atoms with Crippen molar-refractivity contribution in [3.8, 4) is 0 Å². The summed E-state index contributed by atoms with van der Waals surface area (Å²) in [7, 11) is 0. The van der Waals surface area contributed by atoms with Crippen molar-refractivity contribution in [2.24, 2.45) is 29.1 Å². The second kappa shape index (κ2) is 2.90. The molecule has 16 heavy (non-hydrogen) atoms. The molecule has 3 aliphatic rings. The fourth-order valence-electron chi connectivity index (χ4n) is 4.78. The molecule has 0 aliphatic heterocycles. The van der Waals surface area contributed by atoms with Crippen LogP contribution in [-0.2, 0) is 4.79 Å². The van der Waals surface area contributed by atoms with Gasteiger partial charge in [-0.1, -0.05) is 13.8 Å². The molecule has 0 radical (unpaired) electrons. The molecule has 0 bridgehead atoms. The maximum atomic E-state index is 12.0. The predicted molar refractivity (Wildman–Crippen MR) is 61.8 cm³/mol. The lowest BCUT2D eigenvalue weighted by molar-refractivity contribution is -0.121. The number of hydrogen-bond donors (Lipinski definition) is 1. The van der Waals surface area contributed by atoms with E-state index in [-0.39, 0.29) is 11.3 Å². The van der Waals surface area contributed by atoms with E-state index in [9.17, 15) is 9.90 Å². The van der Waals surface area contributed by atoms with E-state index in [0.29, 0.717) is 23.5 Å². The van der Waals surface area contributed by atoms with Crippen LogP contribution in [0.1, 0.15) is 46.5 Å². The van der Waals surface area contributed by atoms with Crippen LogP contribution in [-0.4, -0.2) is 16.5 Å². The highest BCUT2D eigenvalue weighted by atomic mass is 16.3. The summed E-state index contributed by atoms with van der Waals surface area (Å²) >= 11 is 0. The number of rotatable bonds is 0. The molecule has 0 aromatic rings. The van der Waals surface area contributed by atoms with Crippen LogP contribution < -0.4 is 0 Å². The van der Waals surface area contributed by atoms with Crippen molar-refractivity contribution in [1.82, 2.24) is 0 Å². The van der Waals surface area contributed by atoms with Crippen molar-refractivity contribution < 1.29 is 9.90 Å². The average molecular weight is 222 g/mol. The van der Waals surface area contributed by atoms with Crippen molar-refractivity contribution in [2.75, 3.05) is 0 Å². The van der Waals surface area contributed by atoms with Crippen molar-refractivity contribution in [3.63, 3.8) is 0 Å². The molecule has 1 N–H and O–H groups in total. The number of fused-ring (bicyclic) bond motifs is 3. The fourth-order valence-corrected chi connectivity index (χ4v) is 4.78. The smallest absolute Gasteiger partial charge is 0.136 e. The van der Waals surface area contributed by atoms with Gasteiger partial charge in [-0.15, -0.1) is 0 Å². The first-order valence-electron chi connectivity index (χ1n) is 6.61. The summed E-state index contributed by atoms with van der Waals surface area (Å²) in [6.07, 6.45) is 3.81. The van der Waals surface area contributed by atoms with Gasteiger partial charge < -0.3 is 5.11 Å². The van der Waals surface area contributed by atoms with Crippen LogP contribution in [0.2, 0.25) is 0 Å². The van der Waals surface area contributed by atoms with E-state index >= 15 is 0 Å². The molecule has 3 rings (SSSR count). The van der Waals surface area contributed by atoms with Gasteiger partial charge in [0.15, 0.2) is 0 Å². The van der Waals surface area contributed by atoms with Gasteiger partial charge in [0.2, 0.25) is 0 Å². The van der Waals surface area contributed by atoms with Gasteiger partial charge in [0.1, 0.15) is 5.78 Å². The Kier molecular flexibility index (Phi) is 1.95. The fraction of sp³-hybridized carbons (Fsp3) is 0.929. The molecule has 5 atom stereocenters. The Morgan fingerprint density at radius 2 is 1.88 bits per heavy atom. The molecule has 0 amide bonds. The molecule has 0 heterocycles. The topological polar surface area (TPSA) is 37.3 Å². The van der Waals surface area contributed by atoms with Crippen LogP contribution >= 0.6 is 0 Å². The first-order chi connectivity index (χ1) is 7.36. The Bertz CT molecular complexity index is 343. The summed E-state index contributed by atoms with van der Waals surface area (Å²) in [5.74, 6) is 2.12. The Labute approximate surface area is 97.4 Å². The molecule has 2 nitrogen and oxygen atoms in total.